The average Bonchev–Trinajstić information content (AvgIpc) is 2.08. The van der Waals surface area contributed by atoms with Gasteiger partial charge in [0.25, 0.3) is 0 Å². The molecule has 0 aromatic carbocycles. The van der Waals surface area contributed by atoms with Gasteiger partial charge >= 0.3 is 0 Å². The molecule has 1 rings (SSSR count). The third kappa shape index (κ3) is 3.08. The van der Waals surface area contributed by atoms with Gasteiger partial charge in [-0.15, -0.1) is 12.3 Å². The van der Waals surface area contributed by atoms with Gasteiger partial charge < -0.3 is 11.1 Å². The van der Waals surface area contributed by atoms with Gasteiger partial charge in [0.2, 0.25) is 5.91 Å². The van der Waals surface area contributed by atoms with Crippen molar-refractivity contribution in [2.75, 3.05) is 6.54 Å². The van der Waals surface area contributed by atoms with E-state index >= 15 is 0 Å². The number of rotatable bonds is 4. The third-order valence-electron chi connectivity index (χ3n) is 2.48. The number of carbonyl (C=O) groups excluding carboxylic acids is 1. The van der Waals surface area contributed by atoms with Crippen LogP contribution in [0.5, 0.6) is 0 Å². The predicted molar refractivity (Wildman–Crippen MR) is 51.8 cm³/mol. The molecule has 0 saturated heterocycles. The van der Waals surface area contributed by atoms with Crippen molar-refractivity contribution >= 4 is 5.91 Å². The first-order valence-corrected chi connectivity index (χ1v) is 4.65. The fourth-order valence-corrected chi connectivity index (χ4v) is 1.36. The molecule has 0 aliphatic heterocycles. The number of nitrogens with one attached hydrogen (secondary N) is 1. The Balaban J connectivity index is 2.11. The summed E-state index contributed by atoms with van der Waals surface area (Å²) in [5.41, 5.74) is 5.79. The summed E-state index contributed by atoms with van der Waals surface area (Å²) in [5.74, 6) is 2.44. The normalized spacial score (nSPS) is 18.5. The monoisotopic (exact) mass is 180 g/mol. The molecule has 3 N–H and O–H groups in total. The van der Waals surface area contributed by atoms with E-state index in [4.69, 9.17) is 12.2 Å². The van der Waals surface area contributed by atoms with Crippen molar-refractivity contribution in [1.29, 1.82) is 0 Å². The van der Waals surface area contributed by atoms with Crippen molar-refractivity contribution in [3.05, 3.63) is 0 Å². The van der Waals surface area contributed by atoms with Crippen molar-refractivity contribution in [2.45, 2.75) is 37.6 Å². The van der Waals surface area contributed by atoms with Crippen LogP contribution < -0.4 is 11.1 Å². The summed E-state index contributed by atoms with van der Waals surface area (Å²) in [6, 6.07) is 0. The van der Waals surface area contributed by atoms with E-state index in [2.05, 4.69) is 11.2 Å². The fourth-order valence-electron chi connectivity index (χ4n) is 1.36. The third-order valence-corrected chi connectivity index (χ3v) is 2.48. The number of amides is 1. The second kappa shape index (κ2) is 4.29. The molecule has 0 aromatic heterocycles. The van der Waals surface area contributed by atoms with Gasteiger partial charge in [-0.1, -0.05) is 0 Å². The van der Waals surface area contributed by atoms with Crippen LogP contribution in [0, 0.1) is 12.3 Å². The van der Waals surface area contributed by atoms with Crippen LogP contribution in [0.1, 0.15) is 32.1 Å². The van der Waals surface area contributed by atoms with Crippen LogP contribution >= 0.6 is 0 Å². The van der Waals surface area contributed by atoms with Crippen LogP contribution in [0.25, 0.3) is 0 Å². The van der Waals surface area contributed by atoms with Gasteiger partial charge in [0, 0.05) is 24.9 Å². The van der Waals surface area contributed by atoms with Gasteiger partial charge in [0.1, 0.15) is 0 Å². The minimum atomic E-state index is -0.133. The minimum Gasteiger partial charge on any atom is -0.354 e. The highest BCUT2D eigenvalue weighted by Crippen LogP contribution is 2.27. The van der Waals surface area contributed by atoms with Gasteiger partial charge in [-0.3, -0.25) is 4.79 Å². The molecular formula is C10H16N2O. The summed E-state index contributed by atoms with van der Waals surface area (Å²) >= 11 is 0. The van der Waals surface area contributed by atoms with E-state index in [1.54, 1.807) is 0 Å². The maximum Gasteiger partial charge on any atom is 0.221 e. The van der Waals surface area contributed by atoms with Gasteiger partial charge in [0.05, 0.1) is 0 Å². The summed E-state index contributed by atoms with van der Waals surface area (Å²) in [5, 5.41) is 2.80. The van der Waals surface area contributed by atoms with Crippen molar-refractivity contribution in [2.24, 2.45) is 5.73 Å². The van der Waals surface area contributed by atoms with Crippen molar-refractivity contribution in [3.63, 3.8) is 0 Å². The van der Waals surface area contributed by atoms with Crippen LogP contribution in [0.2, 0.25) is 0 Å². The van der Waals surface area contributed by atoms with Gasteiger partial charge in [-0.05, 0) is 19.3 Å². The van der Waals surface area contributed by atoms with Crippen LogP contribution in [-0.4, -0.2) is 18.0 Å². The van der Waals surface area contributed by atoms with Crippen LogP contribution in [0.3, 0.4) is 0 Å². The van der Waals surface area contributed by atoms with E-state index in [9.17, 15) is 4.79 Å². The Labute approximate surface area is 79.1 Å². The molecule has 1 amide bonds. The summed E-state index contributed by atoms with van der Waals surface area (Å²) in [6.07, 6.45) is 9.16. The van der Waals surface area contributed by atoms with E-state index < -0.39 is 0 Å². The van der Waals surface area contributed by atoms with Gasteiger partial charge in [-0.2, -0.15) is 0 Å². The lowest BCUT2D eigenvalue weighted by Crippen LogP contribution is -2.54. The highest BCUT2D eigenvalue weighted by atomic mass is 16.1. The maximum atomic E-state index is 11.1. The molecule has 0 bridgehead atoms. The zero-order valence-electron chi connectivity index (χ0n) is 7.81. The molecule has 1 fully saturated rings. The quantitative estimate of drug-likeness (QED) is 0.615. The number of hydrogen-bond acceptors (Lipinski definition) is 2. The number of hydrogen-bond donors (Lipinski definition) is 2. The molecule has 3 heteroatoms. The Morgan fingerprint density at radius 1 is 1.62 bits per heavy atom. The first kappa shape index (κ1) is 10.1. The number of carbonyl (C=O) groups is 1. The molecule has 13 heavy (non-hydrogen) atoms. The molecule has 1 aliphatic carbocycles. The molecule has 0 atom stereocenters. The molecule has 72 valence electrons. The molecule has 0 unspecified atom stereocenters. The van der Waals surface area contributed by atoms with E-state index in [1.165, 1.54) is 6.42 Å². The average molecular weight is 180 g/mol. The summed E-state index contributed by atoms with van der Waals surface area (Å²) in [6.45, 7) is 0.594. The predicted octanol–water partition coefficient (Wildman–Crippen LogP) is 0.397. The Bertz CT molecular complexity index is 226. The van der Waals surface area contributed by atoms with Crippen molar-refractivity contribution in [3.8, 4) is 12.3 Å². The minimum absolute atomic E-state index is 0.00896. The lowest BCUT2D eigenvalue weighted by Gasteiger charge is -2.38. The van der Waals surface area contributed by atoms with E-state index in [1.807, 2.05) is 0 Å². The molecule has 3 nitrogen and oxygen atoms in total. The maximum absolute atomic E-state index is 11.1. The molecular weight excluding hydrogens is 164 g/mol. The zero-order chi connectivity index (χ0) is 9.73. The Morgan fingerprint density at radius 3 is 2.77 bits per heavy atom. The summed E-state index contributed by atoms with van der Waals surface area (Å²) in [7, 11) is 0. The second-order valence-corrected chi connectivity index (χ2v) is 3.70. The van der Waals surface area contributed by atoms with Gasteiger partial charge in [0.15, 0.2) is 0 Å². The largest absolute Gasteiger partial charge is 0.354 e. The lowest BCUT2D eigenvalue weighted by atomic mass is 9.78. The topological polar surface area (TPSA) is 55.1 Å². The molecule has 1 saturated carbocycles. The van der Waals surface area contributed by atoms with E-state index in [0.717, 1.165) is 12.8 Å². The Morgan fingerprint density at radius 2 is 2.31 bits per heavy atom. The smallest absolute Gasteiger partial charge is 0.221 e. The Kier molecular flexibility index (Phi) is 3.32. The highest BCUT2D eigenvalue weighted by Gasteiger charge is 2.32. The highest BCUT2D eigenvalue weighted by molar-refractivity contribution is 5.76. The van der Waals surface area contributed by atoms with Gasteiger partial charge in [-0.25, -0.2) is 0 Å². The molecule has 1 aliphatic rings. The first-order chi connectivity index (χ1) is 6.16. The summed E-state index contributed by atoms with van der Waals surface area (Å²) < 4.78 is 0. The van der Waals surface area contributed by atoms with E-state index in [-0.39, 0.29) is 11.4 Å². The summed E-state index contributed by atoms with van der Waals surface area (Å²) in [4.78, 5) is 11.1. The van der Waals surface area contributed by atoms with Crippen molar-refractivity contribution in [1.82, 2.24) is 5.32 Å². The molecule has 0 heterocycles. The molecule has 0 radical (unpaired) electrons. The van der Waals surface area contributed by atoms with Crippen LogP contribution in [0.15, 0.2) is 0 Å². The number of nitrogens with two attached hydrogens (primary N) is 1. The lowest BCUT2D eigenvalue weighted by molar-refractivity contribution is -0.121. The fraction of sp³-hybridized carbons (Fsp3) is 0.700. The second-order valence-electron chi connectivity index (χ2n) is 3.70. The molecule has 0 spiro atoms. The Hall–Kier alpha value is -1.01. The van der Waals surface area contributed by atoms with Crippen LogP contribution in [0.4, 0.5) is 0 Å². The number of terminal acetylenes is 1. The van der Waals surface area contributed by atoms with E-state index in [0.29, 0.717) is 19.4 Å². The SMILES string of the molecule is C#CCCC(=O)NCC1(N)CCC1. The van der Waals surface area contributed by atoms with Crippen molar-refractivity contribution < 1.29 is 4.79 Å². The molecule has 0 aromatic rings. The van der Waals surface area contributed by atoms with Crippen LogP contribution in [-0.2, 0) is 4.79 Å². The zero-order valence-corrected chi connectivity index (χ0v) is 7.81. The standard InChI is InChI=1S/C10H16N2O/c1-2-3-5-9(13)12-8-10(11)6-4-7-10/h1H,3-8,11H2,(H,12,13). The first-order valence-electron chi connectivity index (χ1n) is 4.65.